The summed E-state index contributed by atoms with van der Waals surface area (Å²) in [6.45, 7) is 11.5. The molecule has 0 aliphatic carbocycles. The number of nitrogens with one attached hydrogen (secondary N) is 1. The van der Waals surface area contributed by atoms with Gasteiger partial charge >= 0.3 is 0 Å². The summed E-state index contributed by atoms with van der Waals surface area (Å²) in [6.07, 6.45) is 4.45. The van der Waals surface area contributed by atoms with Gasteiger partial charge in [-0.1, -0.05) is 55.3 Å². The molecule has 0 saturated carbocycles. The average Bonchev–Trinajstić information content (AvgIpc) is 2.45. The van der Waals surface area contributed by atoms with E-state index in [9.17, 15) is 0 Å². The van der Waals surface area contributed by atoms with E-state index in [2.05, 4.69) is 61.1 Å². The molecule has 0 radical (unpaired) electrons. The maximum absolute atomic E-state index is 5.86. The van der Waals surface area contributed by atoms with E-state index >= 15 is 0 Å². The molecule has 0 atom stereocenters. The van der Waals surface area contributed by atoms with Gasteiger partial charge < -0.3 is 10.1 Å². The maximum Gasteiger partial charge on any atom is 0.126 e. The molecule has 1 aromatic carbocycles. The largest absolute Gasteiger partial charge is 0.493 e. The molecule has 1 rings (SSSR count). The van der Waals surface area contributed by atoms with Gasteiger partial charge in [0.2, 0.25) is 0 Å². The second kappa shape index (κ2) is 10.0. The van der Waals surface area contributed by atoms with Crippen molar-refractivity contribution in [1.29, 1.82) is 0 Å². The second-order valence-electron chi connectivity index (χ2n) is 5.58. The molecule has 0 aliphatic heterocycles. The Morgan fingerprint density at radius 1 is 1.29 bits per heavy atom. The van der Waals surface area contributed by atoms with Crippen molar-refractivity contribution in [3.63, 3.8) is 0 Å². The highest BCUT2D eigenvalue weighted by atomic mass is 79.9. The molecular weight excluding hydrogens is 326 g/mol. The van der Waals surface area contributed by atoms with E-state index in [4.69, 9.17) is 4.74 Å². The van der Waals surface area contributed by atoms with Gasteiger partial charge in [-0.05, 0) is 43.5 Å². The lowest BCUT2D eigenvalue weighted by molar-refractivity contribution is 0.316. The third-order valence-electron chi connectivity index (χ3n) is 3.27. The van der Waals surface area contributed by atoms with Crippen LogP contribution in [-0.2, 0) is 0 Å². The van der Waals surface area contributed by atoms with Crippen LogP contribution >= 0.6 is 15.9 Å². The monoisotopic (exact) mass is 353 g/mol. The quantitative estimate of drug-likeness (QED) is 0.610. The van der Waals surface area contributed by atoms with Crippen molar-refractivity contribution in [2.45, 2.75) is 40.5 Å². The molecule has 0 unspecified atom stereocenters. The van der Waals surface area contributed by atoms with Crippen LogP contribution in [0.4, 0.5) is 0 Å². The first-order valence-electron chi connectivity index (χ1n) is 7.92. The minimum atomic E-state index is 0.521. The Kier molecular flexibility index (Phi) is 8.70. The van der Waals surface area contributed by atoms with Crippen LogP contribution in [-0.4, -0.2) is 19.7 Å². The fraction of sp³-hybridized carbons (Fsp3) is 0.556. The van der Waals surface area contributed by atoms with Crippen molar-refractivity contribution in [2.24, 2.45) is 5.92 Å². The molecule has 0 aliphatic rings. The maximum atomic E-state index is 5.86. The molecule has 3 heteroatoms. The van der Waals surface area contributed by atoms with Gasteiger partial charge in [-0.15, -0.1) is 0 Å². The van der Waals surface area contributed by atoms with Gasteiger partial charge in [-0.2, -0.15) is 0 Å². The zero-order valence-corrected chi connectivity index (χ0v) is 15.3. The lowest BCUT2D eigenvalue weighted by atomic mass is 10.00. The molecule has 1 aromatic rings. The van der Waals surface area contributed by atoms with Crippen LogP contribution in [0.15, 0.2) is 28.2 Å². The number of halogens is 1. The van der Waals surface area contributed by atoms with Gasteiger partial charge in [0.25, 0.3) is 0 Å². The zero-order valence-electron chi connectivity index (χ0n) is 13.7. The van der Waals surface area contributed by atoms with E-state index in [0.29, 0.717) is 5.92 Å². The normalized spacial score (nSPS) is 12.0. The number of hydrogen-bond acceptors (Lipinski definition) is 2. The van der Waals surface area contributed by atoms with E-state index < -0.39 is 0 Å². The van der Waals surface area contributed by atoms with Crippen LogP contribution in [0.5, 0.6) is 5.75 Å². The van der Waals surface area contributed by atoms with Crippen LogP contribution in [0.2, 0.25) is 0 Å². The van der Waals surface area contributed by atoms with Crippen LogP contribution in [0.3, 0.4) is 0 Å². The van der Waals surface area contributed by atoms with Gasteiger partial charge in [0, 0.05) is 16.6 Å². The van der Waals surface area contributed by atoms with Crippen molar-refractivity contribution in [3.8, 4) is 5.75 Å². The van der Waals surface area contributed by atoms with Crippen molar-refractivity contribution < 1.29 is 4.74 Å². The lowest BCUT2D eigenvalue weighted by Gasteiger charge is -2.15. The van der Waals surface area contributed by atoms with E-state index in [-0.39, 0.29) is 0 Å². The minimum absolute atomic E-state index is 0.521. The van der Waals surface area contributed by atoms with Crippen LogP contribution in [0, 0.1) is 5.92 Å². The van der Waals surface area contributed by atoms with Crippen molar-refractivity contribution in [1.82, 2.24) is 5.32 Å². The summed E-state index contributed by atoms with van der Waals surface area (Å²) in [7, 11) is 0. The number of benzene rings is 1. The second-order valence-corrected chi connectivity index (χ2v) is 6.50. The Labute approximate surface area is 138 Å². The summed E-state index contributed by atoms with van der Waals surface area (Å²) in [4.78, 5) is 0. The Bertz CT molecular complexity index is 455. The summed E-state index contributed by atoms with van der Waals surface area (Å²) >= 11 is 3.55. The smallest absolute Gasteiger partial charge is 0.126 e. The predicted molar refractivity (Wildman–Crippen MR) is 95.9 cm³/mol. The summed E-state index contributed by atoms with van der Waals surface area (Å²) in [5.74, 6) is 1.49. The molecule has 0 spiro atoms. The Morgan fingerprint density at radius 3 is 2.67 bits per heavy atom. The van der Waals surface area contributed by atoms with Gasteiger partial charge in [0.1, 0.15) is 5.75 Å². The first-order valence-corrected chi connectivity index (χ1v) is 8.71. The topological polar surface area (TPSA) is 21.3 Å². The van der Waals surface area contributed by atoms with Crippen LogP contribution < -0.4 is 10.1 Å². The Hall–Kier alpha value is -0.800. The fourth-order valence-electron chi connectivity index (χ4n) is 2.01. The van der Waals surface area contributed by atoms with Gasteiger partial charge in [-0.3, -0.25) is 0 Å². The predicted octanol–water partition coefficient (Wildman–Crippen LogP) is 5.28. The molecule has 0 aromatic heterocycles. The Balaban J connectivity index is 2.97. The van der Waals surface area contributed by atoms with Crippen molar-refractivity contribution in [2.75, 3.05) is 19.7 Å². The minimum Gasteiger partial charge on any atom is -0.493 e. The highest BCUT2D eigenvalue weighted by molar-refractivity contribution is 9.10. The van der Waals surface area contributed by atoms with E-state index in [1.807, 2.05) is 12.1 Å². The molecule has 0 saturated heterocycles. The summed E-state index contributed by atoms with van der Waals surface area (Å²) in [6, 6.07) is 6.21. The van der Waals surface area contributed by atoms with Gasteiger partial charge in [0.15, 0.2) is 0 Å². The number of hydrogen-bond donors (Lipinski definition) is 1. The Morgan fingerprint density at radius 2 is 2.05 bits per heavy atom. The fourth-order valence-corrected chi connectivity index (χ4v) is 2.39. The molecule has 1 N–H and O–H groups in total. The molecule has 0 amide bonds. The van der Waals surface area contributed by atoms with Crippen molar-refractivity contribution >= 4 is 22.0 Å². The van der Waals surface area contributed by atoms with Crippen LogP contribution in [0.25, 0.3) is 6.08 Å². The highest BCUT2D eigenvalue weighted by Gasteiger charge is 2.07. The van der Waals surface area contributed by atoms with Crippen LogP contribution in [0.1, 0.15) is 46.1 Å². The number of ether oxygens (including phenoxy) is 1. The van der Waals surface area contributed by atoms with E-state index in [0.717, 1.165) is 48.3 Å². The molecule has 0 fully saturated rings. The van der Waals surface area contributed by atoms with E-state index in [1.165, 1.54) is 5.57 Å². The summed E-state index contributed by atoms with van der Waals surface area (Å²) in [5, 5.41) is 3.49. The number of rotatable bonds is 9. The SMILES string of the molecule is CCCNCC(=Cc1cc(Br)ccc1OCCC)C(C)C. The first kappa shape index (κ1) is 18.2. The molecule has 0 bridgehead atoms. The summed E-state index contributed by atoms with van der Waals surface area (Å²) in [5.41, 5.74) is 2.56. The van der Waals surface area contributed by atoms with Gasteiger partial charge in [-0.25, -0.2) is 0 Å². The van der Waals surface area contributed by atoms with Gasteiger partial charge in [0.05, 0.1) is 6.61 Å². The molecule has 118 valence electrons. The third-order valence-corrected chi connectivity index (χ3v) is 3.77. The molecule has 2 nitrogen and oxygen atoms in total. The highest BCUT2D eigenvalue weighted by Crippen LogP contribution is 2.27. The first-order chi connectivity index (χ1) is 10.1. The third kappa shape index (κ3) is 6.66. The van der Waals surface area contributed by atoms with Crippen molar-refractivity contribution in [3.05, 3.63) is 33.8 Å². The summed E-state index contributed by atoms with van der Waals surface area (Å²) < 4.78 is 6.95. The molecular formula is C18H28BrNO. The lowest BCUT2D eigenvalue weighted by Crippen LogP contribution is -2.20. The molecule has 21 heavy (non-hydrogen) atoms. The zero-order chi connectivity index (χ0) is 15.7. The van der Waals surface area contributed by atoms with E-state index in [1.54, 1.807) is 0 Å². The molecule has 0 heterocycles. The average molecular weight is 354 g/mol. The standard InChI is InChI=1S/C18H28BrNO/c1-5-9-20-13-16(14(3)4)11-15-12-17(19)7-8-18(15)21-10-6-2/h7-8,11-12,14,20H,5-6,9-10,13H2,1-4H3.